The van der Waals surface area contributed by atoms with Gasteiger partial charge in [-0.3, -0.25) is 9.62 Å². The van der Waals surface area contributed by atoms with Gasteiger partial charge in [-0.05, 0) is 55.0 Å². The number of benzene rings is 3. The lowest BCUT2D eigenvalue weighted by atomic mass is 10.1. The highest BCUT2D eigenvalue weighted by Crippen LogP contribution is 2.36. The molecule has 5 rings (SSSR count). The maximum Gasteiger partial charge on any atom is 0.261 e. The fourth-order valence-electron chi connectivity index (χ4n) is 4.43. The zero-order valence-corrected chi connectivity index (χ0v) is 22.6. The van der Waals surface area contributed by atoms with Gasteiger partial charge in [0.2, 0.25) is 0 Å². The third kappa shape index (κ3) is 6.30. The molecule has 0 bridgehead atoms. The molecular formula is C28H28F2N4O5S. The molecule has 0 saturated carbocycles. The number of hydrogen-bond donors (Lipinski definition) is 1. The Labute approximate surface area is 230 Å². The van der Waals surface area contributed by atoms with Crippen LogP contribution in [0.2, 0.25) is 0 Å². The van der Waals surface area contributed by atoms with Crippen LogP contribution < -0.4 is 14.2 Å². The number of nitrogens with zero attached hydrogens (tertiary/aromatic N) is 3. The van der Waals surface area contributed by atoms with Gasteiger partial charge in [0, 0.05) is 42.3 Å². The van der Waals surface area contributed by atoms with E-state index < -0.39 is 21.7 Å². The normalized spacial score (nSPS) is 14.3. The lowest BCUT2D eigenvalue weighted by Crippen LogP contribution is -2.37. The SMILES string of the molecule is COc1cc2ncnc(-c3ccc(S(=O)(=O)Nc4ccc(F)cc4)cc3F)c2cc1OCCCN1CCOCC1. The number of aromatic nitrogens is 2. The van der Waals surface area contributed by atoms with E-state index >= 15 is 4.39 Å². The van der Waals surface area contributed by atoms with Crippen molar-refractivity contribution in [1.29, 1.82) is 0 Å². The molecule has 3 aromatic carbocycles. The van der Waals surface area contributed by atoms with Crippen LogP contribution in [-0.4, -0.2) is 69.9 Å². The van der Waals surface area contributed by atoms with Crippen LogP contribution in [0.4, 0.5) is 14.5 Å². The summed E-state index contributed by atoms with van der Waals surface area (Å²) >= 11 is 0. The molecule has 1 N–H and O–H groups in total. The van der Waals surface area contributed by atoms with E-state index in [9.17, 15) is 12.8 Å². The summed E-state index contributed by atoms with van der Waals surface area (Å²) < 4.78 is 73.4. The van der Waals surface area contributed by atoms with E-state index in [-0.39, 0.29) is 21.8 Å². The predicted octanol–water partition coefficient (Wildman–Crippen LogP) is 4.49. The van der Waals surface area contributed by atoms with Crippen LogP contribution in [0, 0.1) is 11.6 Å². The first-order chi connectivity index (χ1) is 19.3. The number of fused-ring (bicyclic) bond motifs is 1. The van der Waals surface area contributed by atoms with Gasteiger partial charge in [0.25, 0.3) is 10.0 Å². The van der Waals surface area contributed by atoms with E-state index in [1.165, 1.54) is 37.7 Å². The van der Waals surface area contributed by atoms with Crippen LogP contribution in [0.15, 0.2) is 65.8 Å². The van der Waals surface area contributed by atoms with E-state index in [4.69, 9.17) is 14.2 Å². The van der Waals surface area contributed by atoms with Gasteiger partial charge in [-0.25, -0.2) is 27.2 Å². The minimum absolute atomic E-state index is 0.0940. The molecule has 4 aromatic rings. The minimum Gasteiger partial charge on any atom is -0.493 e. The van der Waals surface area contributed by atoms with E-state index in [2.05, 4.69) is 19.6 Å². The van der Waals surface area contributed by atoms with Gasteiger partial charge in [0.05, 0.1) is 43.0 Å². The van der Waals surface area contributed by atoms with Gasteiger partial charge < -0.3 is 14.2 Å². The molecule has 0 unspecified atom stereocenters. The third-order valence-electron chi connectivity index (χ3n) is 6.50. The average molecular weight is 571 g/mol. The summed E-state index contributed by atoms with van der Waals surface area (Å²) in [7, 11) is -2.59. The Balaban J connectivity index is 1.39. The molecule has 9 nitrogen and oxygen atoms in total. The Morgan fingerprint density at radius 1 is 1.00 bits per heavy atom. The number of sulfonamides is 1. The molecule has 1 aromatic heterocycles. The Bertz CT molecular complexity index is 1600. The zero-order chi connectivity index (χ0) is 28.1. The first kappa shape index (κ1) is 27.7. The summed E-state index contributed by atoms with van der Waals surface area (Å²) in [5.41, 5.74) is 1.03. The number of rotatable bonds is 10. The number of morpholine rings is 1. The van der Waals surface area contributed by atoms with Gasteiger partial charge >= 0.3 is 0 Å². The molecule has 12 heteroatoms. The zero-order valence-electron chi connectivity index (χ0n) is 21.8. The summed E-state index contributed by atoms with van der Waals surface area (Å²) in [6.07, 6.45) is 2.11. The van der Waals surface area contributed by atoms with Crippen molar-refractivity contribution in [2.24, 2.45) is 0 Å². The molecule has 0 spiro atoms. The van der Waals surface area contributed by atoms with Crippen LogP contribution in [0.3, 0.4) is 0 Å². The van der Waals surface area contributed by atoms with Crippen molar-refractivity contribution in [3.05, 3.63) is 72.6 Å². The lowest BCUT2D eigenvalue weighted by molar-refractivity contribution is 0.0357. The lowest BCUT2D eigenvalue weighted by Gasteiger charge is -2.26. The molecule has 0 aliphatic carbocycles. The van der Waals surface area contributed by atoms with Gasteiger partial charge in [-0.1, -0.05) is 0 Å². The molecule has 0 radical (unpaired) electrons. The summed E-state index contributed by atoms with van der Waals surface area (Å²) in [6.45, 7) is 4.59. The Morgan fingerprint density at radius 2 is 1.77 bits per heavy atom. The summed E-state index contributed by atoms with van der Waals surface area (Å²) in [4.78, 5) is 10.6. The fourth-order valence-corrected chi connectivity index (χ4v) is 5.50. The monoisotopic (exact) mass is 570 g/mol. The highest BCUT2D eigenvalue weighted by atomic mass is 32.2. The smallest absolute Gasteiger partial charge is 0.261 e. The van der Waals surface area contributed by atoms with Crippen LogP contribution in [-0.2, 0) is 14.8 Å². The molecule has 0 amide bonds. The molecule has 2 heterocycles. The van der Waals surface area contributed by atoms with E-state index in [1.807, 2.05) is 0 Å². The summed E-state index contributed by atoms with van der Waals surface area (Å²) in [6, 6.07) is 11.8. The van der Waals surface area contributed by atoms with Gasteiger partial charge in [-0.2, -0.15) is 0 Å². The van der Waals surface area contributed by atoms with Crippen molar-refractivity contribution in [2.75, 3.05) is 51.3 Å². The third-order valence-corrected chi connectivity index (χ3v) is 7.88. The maximum atomic E-state index is 15.4. The molecule has 1 saturated heterocycles. The first-order valence-corrected chi connectivity index (χ1v) is 14.2. The second kappa shape index (κ2) is 12.1. The first-order valence-electron chi connectivity index (χ1n) is 12.7. The van der Waals surface area contributed by atoms with Crippen LogP contribution in [0.1, 0.15) is 6.42 Å². The Hall–Kier alpha value is -3.87. The van der Waals surface area contributed by atoms with Crippen molar-refractivity contribution < 1.29 is 31.4 Å². The molecule has 1 aliphatic rings. The van der Waals surface area contributed by atoms with E-state index in [0.717, 1.165) is 57.5 Å². The second-order valence-corrected chi connectivity index (χ2v) is 10.8. The van der Waals surface area contributed by atoms with Gasteiger partial charge in [-0.15, -0.1) is 0 Å². The number of ether oxygens (including phenoxy) is 3. The second-order valence-electron chi connectivity index (χ2n) is 9.15. The fraction of sp³-hybridized carbons (Fsp3) is 0.286. The van der Waals surface area contributed by atoms with Crippen molar-refractivity contribution in [3.8, 4) is 22.8 Å². The molecule has 1 fully saturated rings. The average Bonchev–Trinajstić information content (AvgIpc) is 2.96. The van der Waals surface area contributed by atoms with Gasteiger partial charge in [0.1, 0.15) is 18.0 Å². The van der Waals surface area contributed by atoms with Crippen molar-refractivity contribution in [3.63, 3.8) is 0 Å². The van der Waals surface area contributed by atoms with Gasteiger partial charge in [0.15, 0.2) is 11.5 Å². The summed E-state index contributed by atoms with van der Waals surface area (Å²) in [5.74, 6) is -0.339. The topological polar surface area (TPSA) is 103 Å². The minimum atomic E-state index is -4.12. The predicted molar refractivity (Wildman–Crippen MR) is 146 cm³/mol. The standard InChI is InChI=1S/C28H28F2N4O5S/c1-37-26-17-25-23(16-27(26)39-12-2-9-34-10-13-38-14-11-34)28(32-18-31-25)22-8-7-21(15-24(22)30)40(35,36)33-20-5-3-19(29)4-6-20/h3-8,15-18,33H,2,9-14H2,1H3. The Morgan fingerprint density at radius 3 is 2.50 bits per heavy atom. The molecular weight excluding hydrogens is 542 g/mol. The van der Waals surface area contributed by atoms with E-state index in [0.29, 0.717) is 29.0 Å². The molecule has 210 valence electrons. The largest absolute Gasteiger partial charge is 0.493 e. The number of nitrogens with one attached hydrogen (secondary N) is 1. The molecule has 40 heavy (non-hydrogen) atoms. The number of anilines is 1. The van der Waals surface area contributed by atoms with Crippen molar-refractivity contribution >= 4 is 26.6 Å². The summed E-state index contributed by atoms with van der Waals surface area (Å²) in [5, 5.41) is 0.519. The maximum absolute atomic E-state index is 15.4. The van der Waals surface area contributed by atoms with Crippen LogP contribution in [0.25, 0.3) is 22.2 Å². The number of hydrogen-bond acceptors (Lipinski definition) is 8. The number of halogens is 2. The highest BCUT2D eigenvalue weighted by Gasteiger charge is 2.20. The molecule has 1 aliphatic heterocycles. The quantitative estimate of drug-likeness (QED) is 0.279. The number of methoxy groups -OCH3 is 1. The molecule has 0 atom stereocenters. The highest BCUT2D eigenvalue weighted by molar-refractivity contribution is 7.92. The van der Waals surface area contributed by atoms with Crippen LogP contribution in [0.5, 0.6) is 11.5 Å². The Kier molecular flexibility index (Phi) is 8.38. The van der Waals surface area contributed by atoms with E-state index in [1.54, 1.807) is 12.1 Å². The van der Waals surface area contributed by atoms with Crippen LogP contribution >= 0.6 is 0 Å². The van der Waals surface area contributed by atoms with Crippen molar-refractivity contribution in [2.45, 2.75) is 11.3 Å². The van der Waals surface area contributed by atoms with Crippen molar-refractivity contribution in [1.82, 2.24) is 14.9 Å².